The fraction of sp³-hybridized carbons (Fsp3) is 0.875. The molecule has 0 amide bonds. The molecule has 0 aliphatic heterocycles. The van der Waals surface area contributed by atoms with Crippen molar-refractivity contribution < 1.29 is 4.74 Å². The largest absolute Gasteiger partial charge is 0.381 e. The monoisotopic (exact) mass is 127 g/mol. The molecule has 1 heteroatoms. The predicted molar refractivity (Wildman–Crippen MR) is 38.1 cm³/mol. The zero-order chi connectivity index (χ0) is 6.69. The molecule has 1 nitrogen and oxygen atoms in total. The zero-order valence-electron chi connectivity index (χ0n) is 6.10. The minimum absolute atomic E-state index is 0.531. The molecular formula is C8H15O. The summed E-state index contributed by atoms with van der Waals surface area (Å²) in [6.45, 7) is 4.01. The van der Waals surface area contributed by atoms with Gasteiger partial charge in [0.2, 0.25) is 0 Å². The molecule has 53 valence electrons. The summed E-state index contributed by atoms with van der Waals surface area (Å²) in [4.78, 5) is 0. The first-order valence-electron chi connectivity index (χ1n) is 3.69. The lowest BCUT2D eigenvalue weighted by atomic mass is 9.89. The summed E-state index contributed by atoms with van der Waals surface area (Å²) in [5.74, 6) is 0.691. The van der Waals surface area contributed by atoms with Gasteiger partial charge < -0.3 is 4.74 Å². The van der Waals surface area contributed by atoms with Gasteiger partial charge in [0, 0.05) is 7.11 Å². The van der Waals surface area contributed by atoms with Crippen molar-refractivity contribution in [1.29, 1.82) is 0 Å². The van der Waals surface area contributed by atoms with Crippen molar-refractivity contribution in [2.24, 2.45) is 5.92 Å². The molecule has 0 aromatic rings. The van der Waals surface area contributed by atoms with Gasteiger partial charge >= 0.3 is 0 Å². The molecule has 1 radical (unpaired) electrons. The lowest BCUT2D eigenvalue weighted by molar-refractivity contribution is 0.0624. The van der Waals surface area contributed by atoms with Gasteiger partial charge in [-0.3, -0.25) is 0 Å². The third-order valence-electron chi connectivity index (χ3n) is 2.13. The van der Waals surface area contributed by atoms with Crippen LogP contribution in [0.2, 0.25) is 0 Å². The number of ether oxygens (including phenoxy) is 1. The summed E-state index contributed by atoms with van der Waals surface area (Å²) in [6.07, 6.45) is 5.45. The van der Waals surface area contributed by atoms with Gasteiger partial charge in [-0.1, -0.05) is 6.92 Å². The Morgan fingerprint density at radius 2 is 1.78 bits per heavy atom. The Morgan fingerprint density at radius 1 is 1.22 bits per heavy atom. The van der Waals surface area contributed by atoms with E-state index in [0.717, 1.165) is 0 Å². The molecule has 0 N–H and O–H groups in total. The first-order valence-corrected chi connectivity index (χ1v) is 3.69. The van der Waals surface area contributed by atoms with Crippen molar-refractivity contribution in [1.82, 2.24) is 0 Å². The number of rotatable bonds is 1. The Morgan fingerprint density at radius 3 is 2.22 bits per heavy atom. The second-order valence-corrected chi connectivity index (χ2v) is 2.88. The van der Waals surface area contributed by atoms with Crippen LogP contribution in [0.5, 0.6) is 0 Å². The smallest absolute Gasteiger partial charge is 0.0571 e. The van der Waals surface area contributed by atoms with Crippen molar-refractivity contribution in [3.8, 4) is 0 Å². The van der Waals surface area contributed by atoms with Gasteiger partial charge in [0.05, 0.1) is 6.10 Å². The molecule has 1 aliphatic carbocycles. The topological polar surface area (TPSA) is 9.23 Å². The Labute approximate surface area is 57.4 Å². The predicted octanol–water partition coefficient (Wildman–Crippen LogP) is 2.03. The van der Waals surface area contributed by atoms with Gasteiger partial charge in [-0.15, -0.1) is 0 Å². The van der Waals surface area contributed by atoms with Gasteiger partial charge in [0.25, 0.3) is 0 Å². The van der Waals surface area contributed by atoms with E-state index in [1.165, 1.54) is 25.7 Å². The Bertz CT molecular complexity index is 72.6. The highest BCUT2D eigenvalue weighted by molar-refractivity contribution is 4.73. The molecule has 0 saturated heterocycles. The molecule has 0 unspecified atom stereocenters. The number of methoxy groups -OCH3 is 1. The van der Waals surface area contributed by atoms with Crippen molar-refractivity contribution in [2.75, 3.05) is 7.11 Å². The van der Waals surface area contributed by atoms with Gasteiger partial charge in [-0.05, 0) is 31.6 Å². The average Bonchev–Trinajstić information content (AvgIpc) is 1.90. The van der Waals surface area contributed by atoms with Crippen molar-refractivity contribution >= 4 is 0 Å². The molecule has 0 heterocycles. The van der Waals surface area contributed by atoms with Gasteiger partial charge in [0.1, 0.15) is 0 Å². The molecule has 0 aromatic heterocycles. The molecule has 1 rings (SSSR count). The Hall–Kier alpha value is -0.0400. The number of hydrogen-bond acceptors (Lipinski definition) is 1. The fourth-order valence-corrected chi connectivity index (χ4v) is 1.37. The quantitative estimate of drug-likeness (QED) is 0.523. The van der Waals surface area contributed by atoms with E-state index in [9.17, 15) is 0 Å². The van der Waals surface area contributed by atoms with Crippen LogP contribution in [0.4, 0.5) is 0 Å². The van der Waals surface area contributed by atoms with Crippen LogP contribution in [0.25, 0.3) is 0 Å². The van der Waals surface area contributed by atoms with Crippen LogP contribution in [-0.2, 0) is 4.74 Å². The van der Waals surface area contributed by atoms with Crippen molar-refractivity contribution in [2.45, 2.75) is 31.8 Å². The van der Waals surface area contributed by atoms with Crippen LogP contribution >= 0.6 is 0 Å². The molecule has 0 aromatic carbocycles. The van der Waals surface area contributed by atoms with E-state index < -0.39 is 0 Å². The first-order chi connectivity index (χ1) is 4.33. The maximum Gasteiger partial charge on any atom is 0.0571 e. The van der Waals surface area contributed by atoms with Crippen LogP contribution < -0.4 is 0 Å². The highest BCUT2D eigenvalue weighted by Gasteiger charge is 2.16. The van der Waals surface area contributed by atoms with Gasteiger partial charge in [-0.2, -0.15) is 0 Å². The summed E-state index contributed by atoms with van der Waals surface area (Å²) in [5.41, 5.74) is 0. The normalized spacial score (nSPS) is 36.7. The zero-order valence-corrected chi connectivity index (χ0v) is 6.10. The second-order valence-electron chi connectivity index (χ2n) is 2.88. The maximum absolute atomic E-state index is 5.21. The highest BCUT2D eigenvalue weighted by atomic mass is 16.5. The summed E-state index contributed by atoms with van der Waals surface area (Å²) in [6, 6.07) is 0. The lowest BCUT2D eigenvalue weighted by Crippen LogP contribution is -2.18. The third-order valence-corrected chi connectivity index (χ3v) is 2.13. The Kier molecular flexibility index (Phi) is 2.52. The van der Waals surface area contributed by atoms with Gasteiger partial charge in [-0.25, -0.2) is 0 Å². The minimum Gasteiger partial charge on any atom is -0.381 e. The molecule has 1 saturated carbocycles. The lowest BCUT2D eigenvalue weighted by Gasteiger charge is -2.24. The van der Waals surface area contributed by atoms with Crippen molar-refractivity contribution in [3.05, 3.63) is 6.92 Å². The SMILES string of the molecule is [CH2]C1CCC(OC)CC1. The molecule has 0 atom stereocenters. The van der Waals surface area contributed by atoms with E-state index in [2.05, 4.69) is 6.92 Å². The molecule has 9 heavy (non-hydrogen) atoms. The van der Waals surface area contributed by atoms with Gasteiger partial charge in [0.15, 0.2) is 0 Å². The second kappa shape index (κ2) is 3.21. The first kappa shape index (κ1) is 7.07. The van der Waals surface area contributed by atoms with E-state index in [-0.39, 0.29) is 0 Å². The highest BCUT2D eigenvalue weighted by Crippen LogP contribution is 2.24. The summed E-state index contributed by atoms with van der Waals surface area (Å²) < 4.78 is 5.21. The molecule has 0 spiro atoms. The van der Waals surface area contributed by atoms with Crippen LogP contribution in [0.1, 0.15) is 25.7 Å². The van der Waals surface area contributed by atoms with E-state index >= 15 is 0 Å². The summed E-state index contributed by atoms with van der Waals surface area (Å²) in [7, 11) is 1.80. The van der Waals surface area contributed by atoms with Crippen LogP contribution in [0, 0.1) is 12.8 Å². The fourth-order valence-electron chi connectivity index (χ4n) is 1.37. The third kappa shape index (κ3) is 1.98. The van der Waals surface area contributed by atoms with E-state index in [1.54, 1.807) is 7.11 Å². The van der Waals surface area contributed by atoms with E-state index in [0.29, 0.717) is 12.0 Å². The van der Waals surface area contributed by atoms with Crippen LogP contribution in [0.15, 0.2) is 0 Å². The van der Waals surface area contributed by atoms with Crippen LogP contribution in [-0.4, -0.2) is 13.2 Å². The van der Waals surface area contributed by atoms with E-state index in [4.69, 9.17) is 4.74 Å². The summed E-state index contributed by atoms with van der Waals surface area (Å²) >= 11 is 0. The van der Waals surface area contributed by atoms with Crippen LogP contribution in [0.3, 0.4) is 0 Å². The van der Waals surface area contributed by atoms with E-state index in [1.807, 2.05) is 0 Å². The minimum atomic E-state index is 0.531. The summed E-state index contributed by atoms with van der Waals surface area (Å²) in [5, 5.41) is 0. The molecule has 1 aliphatic rings. The Balaban J connectivity index is 2.18. The number of hydrogen-bond donors (Lipinski definition) is 0. The van der Waals surface area contributed by atoms with Crippen molar-refractivity contribution in [3.63, 3.8) is 0 Å². The molecule has 1 fully saturated rings. The molecule has 0 bridgehead atoms. The maximum atomic E-state index is 5.21. The molecular weight excluding hydrogens is 112 g/mol. The standard InChI is InChI=1S/C8H15O/c1-7-3-5-8(9-2)6-4-7/h7-8H,1,3-6H2,2H3. The average molecular weight is 127 g/mol.